The maximum atomic E-state index is 13.2. The number of nitrogens with one attached hydrogen (secondary N) is 4. The van der Waals surface area contributed by atoms with Crippen molar-refractivity contribution in [2.75, 3.05) is 31.6 Å². The van der Waals surface area contributed by atoms with Crippen LogP contribution >= 0.6 is 35.8 Å². The Labute approximate surface area is 222 Å². The van der Waals surface area contributed by atoms with Crippen molar-refractivity contribution in [1.82, 2.24) is 21.3 Å². The van der Waals surface area contributed by atoms with Gasteiger partial charge in [-0.25, -0.2) is 8.42 Å². The summed E-state index contributed by atoms with van der Waals surface area (Å²) in [7, 11) is -3.23. The van der Waals surface area contributed by atoms with E-state index in [1.165, 1.54) is 0 Å². The van der Waals surface area contributed by atoms with E-state index in [2.05, 4.69) is 33.9 Å². The molecule has 13 heteroatoms. The zero-order valence-electron chi connectivity index (χ0n) is 20.4. The van der Waals surface area contributed by atoms with Gasteiger partial charge in [0.15, 0.2) is 0 Å². The van der Waals surface area contributed by atoms with Crippen LogP contribution < -0.4 is 21.3 Å². The number of thiol groups is 1. The van der Waals surface area contributed by atoms with Crippen LogP contribution in [0.1, 0.15) is 39.3 Å². The Kier molecular flexibility index (Phi) is 12.3. The lowest BCUT2D eigenvalue weighted by Crippen LogP contribution is -2.56. The average Bonchev–Trinajstić information content (AvgIpc) is 2.69. The Balaban J connectivity index is 2.85. The molecule has 0 saturated heterocycles. The van der Waals surface area contributed by atoms with Gasteiger partial charge in [0.05, 0.1) is 12.3 Å². The lowest BCUT2D eigenvalue weighted by atomic mass is 9.85. The first kappa shape index (κ1) is 31.5. The van der Waals surface area contributed by atoms with Gasteiger partial charge in [0.1, 0.15) is 21.9 Å². The molecule has 1 aromatic rings. The Morgan fingerprint density at radius 1 is 1.03 bits per heavy atom. The molecule has 0 aliphatic carbocycles. The standard InChI is InChI=1S/C22H34Cl2N4O5S2/c1-6-25-18(13-7-14(23)9-15(24)8-13)20(30)28-19(22(2,3)4)21(31)27-11-17(29)26-10-16(34)12-35(5,32)33/h7-9,16,18-19,25,34H,6,10-12H2,1-5H3,(H,26,29)(H,27,31)(H,28,30)/t16-,18-,19+/m0/s1. The number of carbonyl (C=O) groups excluding carboxylic acids is 3. The average molecular weight is 570 g/mol. The Morgan fingerprint density at radius 2 is 1.60 bits per heavy atom. The smallest absolute Gasteiger partial charge is 0.243 e. The fraction of sp³-hybridized carbons (Fsp3) is 0.591. The van der Waals surface area contributed by atoms with Crippen molar-refractivity contribution in [3.63, 3.8) is 0 Å². The molecule has 0 spiro atoms. The summed E-state index contributed by atoms with van der Waals surface area (Å²) in [6.07, 6.45) is 1.08. The molecule has 0 aliphatic heterocycles. The number of hydrogen-bond acceptors (Lipinski definition) is 7. The second-order valence-corrected chi connectivity index (χ2v) is 13.1. The molecule has 4 N–H and O–H groups in total. The number of halogens is 2. The summed E-state index contributed by atoms with van der Waals surface area (Å²) in [5, 5.41) is 11.1. The van der Waals surface area contributed by atoms with Crippen LogP contribution in [0.15, 0.2) is 18.2 Å². The highest BCUT2D eigenvalue weighted by Gasteiger charge is 2.35. The third-order valence-electron chi connectivity index (χ3n) is 4.76. The highest BCUT2D eigenvalue weighted by atomic mass is 35.5. The first-order chi connectivity index (χ1) is 16.0. The van der Waals surface area contributed by atoms with Crippen LogP contribution in [0.2, 0.25) is 10.0 Å². The Bertz CT molecular complexity index is 995. The second kappa shape index (κ2) is 13.7. The van der Waals surface area contributed by atoms with Crippen LogP contribution in [0.25, 0.3) is 0 Å². The number of benzene rings is 1. The molecule has 0 unspecified atom stereocenters. The van der Waals surface area contributed by atoms with Crippen molar-refractivity contribution in [1.29, 1.82) is 0 Å². The van der Waals surface area contributed by atoms with Crippen LogP contribution in [-0.2, 0) is 24.2 Å². The molecular formula is C22H34Cl2N4O5S2. The minimum absolute atomic E-state index is 0.0247. The van der Waals surface area contributed by atoms with E-state index in [0.29, 0.717) is 22.2 Å². The summed E-state index contributed by atoms with van der Waals surface area (Å²) in [6.45, 7) is 7.34. The first-order valence-corrected chi connectivity index (χ1v) is 14.3. The SMILES string of the molecule is CCN[C@H](C(=O)N[C@H](C(=O)NCC(=O)NC[C@H](S)CS(C)(=O)=O)C(C)(C)C)c1cc(Cl)cc(Cl)c1. The molecule has 0 radical (unpaired) electrons. The van der Waals surface area contributed by atoms with E-state index in [1.807, 2.05) is 6.92 Å². The topological polar surface area (TPSA) is 133 Å². The van der Waals surface area contributed by atoms with Gasteiger partial charge in [-0.2, -0.15) is 12.6 Å². The van der Waals surface area contributed by atoms with Crippen molar-refractivity contribution in [2.45, 2.75) is 45.0 Å². The van der Waals surface area contributed by atoms with Gasteiger partial charge in [0.25, 0.3) is 0 Å². The van der Waals surface area contributed by atoms with Gasteiger partial charge in [0, 0.05) is 28.1 Å². The Morgan fingerprint density at radius 3 is 2.09 bits per heavy atom. The minimum Gasteiger partial charge on any atom is -0.353 e. The van der Waals surface area contributed by atoms with Gasteiger partial charge in [0.2, 0.25) is 17.7 Å². The maximum Gasteiger partial charge on any atom is 0.243 e. The van der Waals surface area contributed by atoms with E-state index in [1.54, 1.807) is 39.0 Å². The number of hydrogen-bond donors (Lipinski definition) is 5. The molecule has 0 saturated carbocycles. The van der Waals surface area contributed by atoms with E-state index in [4.69, 9.17) is 23.2 Å². The molecule has 35 heavy (non-hydrogen) atoms. The maximum absolute atomic E-state index is 13.2. The number of likely N-dealkylation sites (N-methyl/N-ethyl adjacent to an activating group) is 1. The highest BCUT2D eigenvalue weighted by molar-refractivity contribution is 7.92. The fourth-order valence-electron chi connectivity index (χ4n) is 3.18. The van der Waals surface area contributed by atoms with Gasteiger partial charge in [-0.3, -0.25) is 14.4 Å². The molecule has 1 aromatic carbocycles. The van der Waals surface area contributed by atoms with E-state index in [0.717, 1.165) is 6.26 Å². The predicted molar refractivity (Wildman–Crippen MR) is 143 cm³/mol. The minimum atomic E-state index is -3.23. The fourth-order valence-corrected chi connectivity index (χ4v) is 5.44. The molecule has 9 nitrogen and oxygen atoms in total. The zero-order chi connectivity index (χ0) is 27.0. The molecule has 0 aliphatic rings. The van der Waals surface area contributed by atoms with Gasteiger partial charge in [-0.15, -0.1) is 0 Å². The lowest BCUT2D eigenvalue weighted by molar-refractivity contribution is -0.133. The van der Waals surface area contributed by atoms with E-state index in [-0.39, 0.29) is 18.8 Å². The molecule has 1 rings (SSSR count). The van der Waals surface area contributed by atoms with Crippen molar-refractivity contribution < 1.29 is 22.8 Å². The van der Waals surface area contributed by atoms with Crippen LogP contribution in [0.4, 0.5) is 0 Å². The summed E-state index contributed by atoms with van der Waals surface area (Å²) in [4.78, 5) is 38.2. The number of rotatable bonds is 12. The van der Waals surface area contributed by atoms with Gasteiger partial charge >= 0.3 is 0 Å². The number of carbonyl (C=O) groups is 3. The second-order valence-electron chi connectivity index (χ2n) is 9.27. The largest absolute Gasteiger partial charge is 0.353 e. The molecule has 198 valence electrons. The van der Waals surface area contributed by atoms with E-state index < -0.39 is 50.3 Å². The molecule has 0 aromatic heterocycles. The van der Waals surface area contributed by atoms with Gasteiger partial charge < -0.3 is 21.3 Å². The van der Waals surface area contributed by atoms with Crippen LogP contribution in [0, 0.1) is 5.41 Å². The summed E-state index contributed by atoms with van der Waals surface area (Å²) < 4.78 is 22.6. The Hall–Kier alpha value is -1.53. The summed E-state index contributed by atoms with van der Waals surface area (Å²) in [5.41, 5.74) is -0.130. The van der Waals surface area contributed by atoms with Crippen LogP contribution in [0.3, 0.4) is 0 Å². The van der Waals surface area contributed by atoms with Crippen molar-refractivity contribution >= 4 is 63.4 Å². The summed E-state index contributed by atoms with van der Waals surface area (Å²) in [5.74, 6) is -1.70. The molecule has 0 bridgehead atoms. The lowest BCUT2D eigenvalue weighted by Gasteiger charge is -2.32. The van der Waals surface area contributed by atoms with E-state index >= 15 is 0 Å². The summed E-state index contributed by atoms with van der Waals surface area (Å²) >= 11 is 16.3. The normalized spacial score (nSPS) is 14.5. The highest BCUT2D eigenvalue weighted by Crippen LogP contribution is 2.25. The monoisotopic (exact) mass is 568 g/mol. The van der Waals surface area contributed by atoms with Crippen LogP contribution in [-0.4, -0.2) is 69.1 Å². The number of amides is 3. The third-order valence-corrected chi connectivity index (χ3v) is 6.81. The quantitative estimate of drug-likeness (QED) is 0.244. The van der Waals surface area contributed by atoms with Crippen molar-refractivity contribution in [3.8, 4) is 0 Å². The molecule has 0 fully saturated rings. The van der Waals surface area contributed by atoms with E-state index in [9.17, 15) is 22.8 Å². The summed E-state index contributed by atoms with van der Waals surface area (Å²) in [6, 6.07) is 3.03. The van der Waals surface area contributed by atoms with Crippen molar-refractivity contribution in [3.05, 3.63) is 33.8 Å². The molecular weight excluding hydrogens is 535 g/mol. The molecule has 3 atom stereocenters. The first-order valence-electron chi connectivity index (χ1n) is 10.9. The molecule has 0 heterocycles. The predicted octanol–water partition coefficient (Wildman–Crippen LogP) is 1.75. The molecule has 3 amide bonds. The third kappa shape index (κ3) is 11.8. The van der Waals surface area contributed by atoms with Gasteiger partial charge in [-0.1, -0.05) is 50.9 Å². The van der Waals surface area contributed by atoms with Crippen LogP contribution in [0.5, 0.6) is 0 Å². The number of sulfone groups is 1. The zero-order valence-corrected chi connectivity index (χ0v) is 23.7. The van der Waals surface area contributed by atoms with Gasteiger partial charge in [-0.05, 0) is 35.7 Å². The van der Waals surface area contributed by atoms with Crippen molar-refractivity contribution in [2.24, 2.45) is 5.41 Å².